The number of thiazole rings is 1. The van der Waals surface area contributed by atoms with Crippen molar-refractivity contribution >= 4 is 57.3 Å². The van der Waals surface area contributed by atoms with Crippen LogP contribution in [0.2, 0.25) is 0 Å². The molecule has 2 aromatic rings. The van der Waals surface area contributed by atoms with Crippen LogP contribution in [0.25, 0.3) is 0 Å². The van der Waals surface area contributed by atoms with Crippen molar-refractivity contribution in [2.24, 2.45) is 5.92 Å². The smallest absolute Gasteiger partial charge is 0.267 e. The Labute approximate surface area is 175 Å². The summed E-state index contributed by atoms with van der Waals surface area (Å²) in [5, 5.41) is 9.71. The van der Waals surface area contributed by atoms with Crippen LogP contribution < -0.4 is 10.6 Å². The van der Waals surface area contributed by atoms with Crippen molar-refractivity contribution in [3.63, 3.8) is 0 Å². The minimum Gasteiger partial charge on any atom is -0.354 e. The van der Waals surface area contributed by atoms with E-state index in [9.17, 15) is 14.4 Å². The highest BCUT2D eigenvalue weighted by Crippen LogP contribution is 2.23. The summed E-state index contributed by atoms with van der Waals surface area (Å²) in [6.45, 7) is 4.66. The molecule has 1 saturated heterocycles. The summed E-state index contributed by atoms with van der Waals surface area (Å²) in [6, 6.07) is 3.12. The number of anilines is 1. The van der Waals surface area contributed by atoms with E-state index in [0.717, 1.165) is 0 Å². The van der Waals surface area contributed by atoms with Gasteiger partial charge in [-0.25, -0.2) is 4.98 Å². The van der Waals surface area contributed by atoms with Crippen molar-refractivity contribution in [2.75, 3.05) is 23.5 Å². The van der Waals surface area contributed by atoms with Gasteiger partial charge >= 0.3 is 0 Å². The van der Waals surface area contributed by atoms with Crippen LogP contribution in [0, 0.1) is 5.92 Å². The van der Waals surface area contributed by atoms with Crippen LogP contribution >= 0.6 is 34.4 Å². The number of nitrogens with zero attached hydrogens (tertiary/aromatic N) is 2. The van der Waals surface area contributed by atoms with Crippen LogP contribution in [0.4, 0.5) is 5.13 Å². The van der Waals surface area contributed by atoms with Gasteiger partial charge in [0, 0.05) is 17.7 Å². The van der Waals surface area contributed by atoms with Crippen LogP contribution in [0.15, 0.2) is 22.9 Å². The third-order valence-electron chi connectivity index (χ3n) is 4.04. The minimum absolute atomic E-state index is 0.103. The number of carbonyl (C=O) groups is 3. The number of aromatic nitrogens is 1. The van der Waals surface area contributed by atoms with E-state index in [2.05, 4.69) is 15.6 Å². The van der Waals surface area contributed by atoms with Crippen molar-refractivity contribution in [1.82, 2.24) is 15.2 Å². The van der Waals surface area contributed by atoms with Crippen molar-refractivity contribution in [2.45, 2.75) is 26.3 Å². The van der Waals surface area contributed by atoms with Crippen molar-refractivity contribution in [3.8, 4) is 0 Å². The van der Waals surface area contributed by atoms with E-state index in [0.29, 0.717) is 39.8 Å². The topological polar surface area (TPSA) is 91.4 Å². The van der Waals surface area contributed by atoms with Gasteiger partial charge < -0.3 is 10.2 Å². The average molecular weight is 439 g/mol. The second-order valence-electron chi connectivity index (χ2n) is 6.77. The molecule has 150 valence electrons. The molecule has 1 fully saturated rings. The number of thiophene rings is 1. The molecule has 0 bridgehead atoms. The molecule has 28 heavy (non-hydrogen) atoms. The predicted octanol–water partition coefficient (Wildman–Crippen LogP) is 2.67. The Hall–Kier alpha value is -1.91. The second kappa shape index (κ2) is 9.53. The summed E-state index contributed by atoms with van der Waals surface area (Å²) >= 11 is 4.22. The van der Waals surface area contributed by atoms with Gasteiger partial charge in [0.05, 0.1) is 22.9 Å². The highest BCUT2D eigenvalue weighted by Gasteiger charge is 2.34. The summed E-state index contributed by atoms with van der Waals surface area (Å²) in [6.07, 6.45) is 0.111. The number of nitrogens with one attached hydrogen (secondary N) is 2. The average Bonchev–Trinajstić information content (AvgIpc) is 3.40. The Kier molecular flexibility index (Phi) is 7.08. The fraction of sp³-hybridized carbons (Fsp3) is 0.444. The summed E-state index contributed by atoms with van der Waals surface area (Å²) in [5.74, 6) is 1.03. The van der Waals surface area contributed by atoms with E-state index in [1.165, 1.54) is 22.7 Å². The molecule has 2 N–H and O–H groups in total. The van der Waals surface area contributed by atoms with Gasteiger partial charge in [-0.1, -0.05) is 19.9 Å². The van der Waals surface area contributed by atoms with Gasteiger partial charge in [0.2, 0.25) is 11.8 Å². The zero-order valence-electron chi connectivity index (χ0n) is 15.6. The van der Waals surface area contributed by atoms with E-state index in [1.807, 2.05) is 25.3 Å². The quantitative estimate of drug-likeness (QED) is 0.694. The summed E-state index contributed by atoms with van der Waals surface area (Å²) in [5.41, 5.74) is 0.592. The Balaban J connectivity index is 1.56. The molecule has 0 radical (unpaired) electrons. The van der Waals surface area contributed by atoms with Crippen molar-refractivity contribution in [1.29, 1.82) is 0 Å². The molecule has 3 rings (SSSR count). The van der Waals surface area contributed by atoms with Gasteiger partial charge in [-0.15, -0.1) is 34.4 Å². The number of carbonyl (C=O) groups excluding carboxylic acids is 3. The van der Waals surface area contributed by atoms with Gasteiger partial charge in [-0.2, -0.15) is 0 Å². The third-order valence-corrected chi connectivity index (χ3v) is 6.73. The first-order valence-electron chi connectivity index (χ1n) is 8.88. The predicted molar refractivity (Wildman–Crippen MR) is 114 cm³/mol. The van der Waals surface area contributed by atoms with Gasteiger partial charge in [0.1, 0.15) is 6.04 Å². The van der Waals surface area contributed by atoms with Crippen LogP contribution in [-0.4, -0.2) is 51.8 Å². The van der Waals surface area contributed by atoms with E-state index in [1.54, 1.807) is 28.1 Å². The lowest BCUT2D eigenvalue weighted by Crippen LogP contribution is -2.48. The van der Waals surface area contributed by atoms with Crippen LogP contribution in [0.3, 0.4) is 0 Å². The van der Waals surface area contributed by atoms with E-state index >= 15 is 0 Å². The maximum Gasteiger partial charge on any atom is 0.267 e. The SMILES string of the molecule is CC(C)CNC(=O)C1CSCN1C(=O)Cc1csc(NC(=O)c2cccs2)n1. The molecule has 3 amide bonds. The number of rotatable bonds is 7. The Morgan fingerprint density at radius 3 is 2.86 bits per heavy atom. The monoisotopic (exact) mass is 438 g/mol. The molecule has 0 saturated carbocycles. The summed E-state index contributed by atoms with van der Waals surface area (Å²) < 4.78 is 0. The number of thioether (sulfide) groups is 1. The highest BCUT2D eigenvalue weighted by molar-refractivity contribution is 7.99. The standard InChI is InChI=1S/C18H22N4O3S3/c1-11(2)7-19-16(24)13-9-26-10-22(13)15(23)6-12-8-28-18(20-12)21-17(25)14-4-3-5-27-14/h3-5,8,11,13H,6-7,9-10H2,1-2H3,(H,19,24)(H,20,21,25). The van der Waals surface area contributed by atoms with E-state index in [4.69, 9.17) is 0 Å². The minimum atomic E-state index is -0.437. The molecule has 0 aromatic carbocycles. The first kappa shape index (κ1) is 20.8. The molecule has 10 heteroatoms. The van der Waals surface area contributed by atoms with Crippen molar-refractivity contribution in [3.05, 3.63) is 33.5 Å². The molecule has 7 nitrogen and oxygen atoms in total. The summed E-state index contributed by atoms with van der Waals surface area (Å²) in [4.78, 5) is 43.7. The molecular formula is C18H22N4O3S3. The van der Waals surface area contributed by atoms with Crippen molar-refractivity contribution < 1.29 is 14.4 Å². The zero-order valence-corrected chi connectivity index (χ0v) is 18.1. The third kappa shape index (κ3) is 5.33. The molecule has 1 aliphatic heterocycles. The number of hydrogen-bond acceptors (Lipinski definition) is 7. The number of hydrogen-bond donors (Lipinski definition) is 2. The molecule has 0 spiro atoms. The fourth-order valence-electron chi connectivity index (χ4n) is 2.60. The van der Waals surface area contributed by atoms with E-state index in [-0.39, 0.29) is 24.1 Å². The van der Waals surface area contributed by atoms with Gasteiger partial charge in [-0.05, 0) is 17.4 Å². The Morgan fingerprint density at radius 2 is 2.14 bits per heavy atom. The van der Waals surface area contributed by atoms with Crippen LogP contribution in [-0.2, 0) is 16.0 Å². The molecule has 0 aliphatic carbocycles. The molecule has 3 heterocycles. The van der Waals surface area contributed by atoms with Crippen LogP contribution in [0.5, 0.6) is 0 Å². The Morgan fingerprint density at radius 1 is 1.32 bits per heavy atom. The van der Waals surface area contributed by atoms with Gasteiger partial charge in [0.25, 0.3) is 5.91 Å². The maximum absolute atomic E-state index is 12.7. The first-order chi connectivity index (χ1) is 13.4. The highest BCUT2D eigenvalue weighted by atomic mass is 32.2. The number of amides is 3. The maximum atomic E-state index is 12.7. The zero-order chi connectivity index (χ0) is 20.1. The van der Waals surface area contributed by atoms with E-state index < -0.39 is 6.04 Å². The fourth-order valence-corrected chi connectivity index (χ4v) is 5.10. The molecule has 1 aliphatic rings. The molecule has 1 atom stereocenters. The molecule has 2 aromatic heterocycles. The van der Waals surface area contributed by atoms with Gasteiger partial charge in [0.15, 0.2) is 5.13 Å². The lowest BCUT2D eigenvalue weighted by Gasteiger charge is -2.23. The second-order valence-corrected chi connectivity index (χ2v) is 9.58. The molecular weight excluding hydrogens is 416 g/mol. The van der Waals surface area contributed by atoms with Crippen LogP contribution in [0.1, 0.15) is 29.2 Å². The molecule has 1 unspecified atom stereocenters. The Bertz CT molecular complexity index is 835. The normalized spacial score (nSPS) is 16.4. The largest absolute Gasteiger partial charge is 0.354 e. The summed E-state index contributed by atoms with van der Waals surface area (Å²) in [7, 11) is 0. The lowest BCUT2D eigenvalue weighted by atomic mass is 10.2. The van der Waals surface area contributed by atoms with Gasteiger partial charge in [-0.3, -0.25) is 19.7 Å². The first-order valence-corrected chi connectivity index (χ1v) is 11.8. The lowest BCUT2D eigenvalue weighted by molar-refractivity contribution is -0.137.